The normalized spacial score (nSPS) is 12.6. The third-order valence-electron chi connectivity index (χ3n) is 2.10. The van der Waals surface area contributed by atoms with Crippen LogP contribution in [0.5, 0.6) is 0 Å². The summed E-state index contributed by atoms with van der Waals surface area (Å²) in [7, 11) is 0. The maximum Gasteiger partial charge on any atom is 0.316 e. The molecule has 0 aliphatic carbocycles. The highest BCUT2D eigenvalue weighted by Gasteiger charge is 2.26. The number of ether oxygens (including phenoxy) is 1. The number of carbonyl (C=O) groups excluding carboxylic acids is 2. The molecule has 16 heavy (non-hydrogen) atoms. The summed E-state index contributed by atoms with van der Waals surface area (Å²) in [6, 6.07) is 0. The summed E-state index contributed by atoms with van der Waals surface area (Å²) in [4.78, 5) is 23.4. The molecule has 0 bridgehead atoms. The number of carbonyl (C=O) groups is 2. The molecule has 0 saturated carbocycles. The van der Waals surface area contributed by atoms with Crippen molar-refractivity contribution in [2.24, 2.45) is 5.92 Å². The van der Waals surface area contributed by atoms with Crippen LogP contribution in [-0.4, -0.2) is 29.4 Å². The molecule has 1 atom stereocenters. The van der Waals surface area contributed by atoms with E-state index in [1.165, 1.54) is 0 Å². The second kappa shape index (κ2) is 8.62. The van der Waals surface area contributed by atoms with Gasteiger partial charge in [-0.1, -0.05) is 27.2 Å². The first-order chi connectivity index (χ1) is 7.52. The molecule has 3 nitrogen and oxygen atoms in total. The third-order valence-corrected chi connectivity index (χ3v) is 3.21. The van der Waals surface area contributed by atoms with Crippen molar-refractivity contribution < 1.29 is 14.3 Å². The average Bonchev–Trinajstić information content (AvgIpc) is 2.22. The van der Waals surface area contributed by atoms with E-state index in [1.807, 2.05) is 20.8 Å². The van der Waals surface area contributed by atoms with Crippen molar-refractivity contribution in [2.75, 3.05) is 12.4 Å². The fraction of sp³-hybridized carbons (Fsp3) is 0.833. The predicted octanol–water partition coefficient (Wildman–Crippen LogP) is 2.68. The Labute approximate surface area is 102 Å². The van der Waals surface area contributed by atoms with Crippen LogP contribution in [0.1, 0.15) is 40.5 Å². The molecule has 0 radical (unpaired) electrons. The van der Waals surface area contributed by atoms with Crippen molar-refractivity contribution in [3.63, 3.8) is 0 Å². The summed E-state index contributed by atoms with van der Waals surface area (Å²) >= 11 is 1.57. The van der Waals surface area contributed by atoms with E-state index < -0.39 is 5.92 Å². The number of thioether (sulfide) groups is 1. The van der Waals surface area contributed by atoms with E-state index in [0.29, 0.717) is 24.0 Å². The zero-order valence-electron chi connectivity index (χ0n) is 10.6. The van der Waals surface area contributed by atoms with Gasteiger partial charge < -0.3 is 4.74 Å². The molecule has 0 aromatic heterocycles. The van der Waals surface area contributed by atoms with E-state index >= 15 is 0 Å². The average molecular weight is 246 g/mol. The van der Waals surface area contributed by atoms with Gasteiger partial charge in [-0.2, -0.15) is 11.8 Å². The van der Waals surface area contributed by atoms with Crippen LogP contribution in [0.15, 0.2) is 0 Å². The van der Waals surface area contributed by atoms with Crippen molar-refractivity contribution in [3.8, 4) is 0 Å². The smallest absolute Gasteiger partial charge is 0.316 e. The van der Waals surface area contributed by atoms with E-state index in [2.05, 4.69) is 0 Å². The Balaban J connectivity index is 4.28. The molecule has 0 saturated heterocycles. The van der Waals surface area contributed by atoms with Gasteiger partial charge in [-0.3, -0.25) is 9.59 Å². The molecular formula is C12H22O3S. The number of hydrogen-bond donors (Lipinski definition) is 0. The molecule has 0 aromatic rings. The lowest BCUT2D eigenvalue weighted by atomic mass is 10.00. The number of ketones is 1. The molecule has 0 rings (SSSR count). The highest BCUT2D eigenvalue weighted by Crippen LogP contribution is 2.16. The van der Waals surface area contributed by atoms with E-state index in [0.717, 1.165) is 6.42 Å². The Morgan fingerprint density at radius 1 is 1.25 bits per heavy atom. The summed E-state index contributed by atoms with van der Waals surface area (Å²) in [5.74, 6) is -0.518. The van der Waals surface area contributed by atoms with Crippen molar-refractivity contribution in [3.05, 3.63) is 0 Å². The van der Waals surface area contributed by atoms with Crippen LogP contribution in [0.3, 0.4) is 0 Å². The number of esters is 1. The van der Waals surface area contributed by atoms with E-state index in [9.17, 15) is 9.59 Å². The van der Waals surface area contributed by atoms with Gasteiger partial charge in [0.25, 0.3) is 0 Å². The summed E-state index contributed by atoms with van der Waals surface area (Å²) in [6.07, 6.45) is 1.41. The van der Waals surface area contributed by atoms with Gasteiger partial charge in [0.15, 0.2) is 5.78 Å². The first kappa shape index (κ1) is 15.5. The van der Waals surface area contributed by atoms with Crippen molar-refractivity contribution in [2.45, 2.75) is 45.8 Å². The fourth-order valence-corrected chi connectivity index (χ4v) is 1.99. The topological polar surface area (TPSA) is 43.4 Å². The second-order valence-electron chi connectivity index (χ2n) is 3.92. The van der Waals surface area contributed by atoms with Crippen LogP contribution in [0.25, 0.3) is 0 Å². The Morgan fingerprint density at radius 3 is 2.31 bits per heavy atom. The summed E-state index contributed by atoms with van der Waals surface area (Å²) in [5.41, 5.74) is 0. The number of rotatable bonds is 8. The standard InChI is InChI=1S/C12H22O3S/c1-5-7-10(12(14)15-6-2)11(13)8-16-9(3)4/h9-10H,5-8H2,1-4H3. The van der Waals surface area contributed by atoms with E-state index in [1.54, 1.807) is 18.7 Å². The van der Waals surface area contributed by atoms with Crippen LogP contribution in [-0.2, 0) is 14.3 Å². The molecule has 0 aliphatic heterocycles. The van der Waals surface area contributed by atoms with Crippen molar-refractivity contribution in [1.82, 2.24) is 0 Å². The van der Waals surface area contributed by atoms with E-state index in [4.69, 9.17) is 4.74 Å². The molecule has 94 valence electrons. The van der Waals surface area contributed by atoms with Crippen LogP contribution < -0.4 is 0 Å². The predicted molar refractivity (Wildman–Crippen MR) is 67.6 cm³/mol. The fourth-order valence-electron chi connectivity index (χ4n) is 1.29. The minimum atomic E-state index is -0.559. The maximum absolute atomic E-state index is 11.8. The van der Waals surface area contributed by atoms with Crippen LogP contribution >= 0.6 is 11.8 Å². The van der Waals surface area contributed by atoms with Gasteiger partial charge >= 0.3 is 5.97 Å². The zero-order valence-corrected chi connectivity index (χ0v) is 11.4. The van der Waals surface area contributed by atoms with Gasteiger partial charge in [-0.15, -0.1) is 0 Å². The van der Waals surface area contributed by atoms with Gasteiger partial charge in [0.1, 0.15) is 5.92 Å². The Morgan fingerprint density at radius 2 is 1.88 bits per heavy atom. The van der Waals surface area contributed by atoms with E-state index in [-0.39, 0.29) is 11.8 Å². The van der Waals surface area contributed by atoms with Crippen LogP contribution in [0.2, 0.25) is 0 Å². The highest BCUT2D eigenvalue weighted by atomic mass is 32.2. The van der Waals surface area contributed by atoms with Crippen molar-refractivity contribution in [1.29, 1.82) is 0 Å². The van der Waals surface area contributed by atoms with Crippen molar-refractivity contribution >= 4 is 23.5 Å². The highest BCUT2D eigenvalue weighted by molar-refractivity contribution is 8.00. The SMILES string of the molecule is CCCC(C(=O)CSC(C)C)C(=O)OCC. The molecule has 0 heterocycles. The molecule has 1 unspecified atom stereocenters. The first-order valence-corrected chi connectivity index (χ1v) is 6.88. The van der Waals surface area contributed by atoms with Crippen LogP contribution in [0, 0.1) is 5.92 Å². The summed E-state index contributed by atoms with van der Waals surface area (Å²) < 4.78 is 4.92. The Bertz CT molecular complexity index is 226. The lowest BCUT2D eigenvalue weighted by Gasteiger charge is -2.14. The molecule has 0 fully saturated rings. The van der Waals surface area contributed by atoms with Gasteiger partial charge in [-0.25, -0.2) is 0 Å². The number of Topliss-reactive ketones (excluding diaryl/α,β-unsaturated/α-hetero) is 1. The summed E-state index contributed by atoms with van der Waals surface area (Å²) in [5, 5.41) is 0.411. The molecule has 0 aliphatic rings. The molecular weight excluding hydrogens is 224 g/mol. The molecule has 0 N–H and O–H groups in total. The third kappa shape index (κ3) is 6.16. The van der Waals surface area contributed by atoms with Gasteiger partial charge in [0, 0.05) is 0 Å². The zero-order chi connectivity index (χ0) is 12.6. The Hall–Kier alpha value is -0.510. The second-order valence-corrected chi connectivity index (χ2v) is 5.48. The quantitative estimate of drug-likeness (QED) is 0.488. The summed E-state index contributed by atoms with van der Waals surface area (Å²) in [6.45, 7) is 8.14. The molecule has 0 aromatic carbocycles. The number of hydrogen-bond acceptors (Lipinski definition) is 4. The minimum Gasteiger partial charge on any atom is -0.465 e. The molecule has 4 heteroatoms. The lowest BCUT2D eigenvalue weighted by Crippen LogP contribution is -2.28. The Kier molecular flexibility index (Phi) is 8.35. The molecule has 0 amide bonds. The molecule has 0 spiro atoms. The first-order valence-electron chi connectivity index (χ1n) is 5.83. The van der Waals surface area contributed by atoms with Gasteiger partial charge in [0.2, 0.25) is 0 Å². The lowest BCUT2D eigenvalue weighted by molar-refractivity contribution is -0.151. The monoisotopic (exact) mass is 246 g/mol. The van der Waals surface area contributed by atoms with Crippen LogP contribution in [0.4, 0.5) is 0 Å². The minimum absolute atomic E-state index is 0.000926. The van der Waals surface area contributed by atoms with Gasteiger partial charge in [0.05, 0.1) is 12.4 Å². The van der Waals surface area contributed by atoms with Gasteiger partial charge in [-0.05, 0) is 18.6 Å². The maximum atomic E-state index is 11.8. The largest absolute Gasteiger partial charge is 0.465 e.